The van der Waals surface area contributed by atoms with Crippen LogP contribution in [0.1, 0.15) is 155 Å². The summed E-state index contributed by atoms with van der Waals surface area (Å²) in [7, 11) is -4.73. The van der Waals surface area contributed by atoms with Gasteiger partial charge in [-0.3, -0.25) is 23.4 Å². The molecule has 320 valence electrons. The van der Waals surface area contributed by atoms with Crippen molar-refractivity contribution in [2.75, 3.05) is 19.8 Å². The molecule has 0 bridgehead atoms. The molecule has 12 heteroatoms. The van der Waals surface area contributed by atoms with Crippen LogP contribution in [0.5, 0.6) is 0 Å². The first-order chi connectivity index (χ1) is 27.1. The van der Waals surface area contributed by atoms with E-state index in [1.807, 2.05) is 0 Å². The lowest BCUT2D eigenvalue weighted by Gasteiger charge is -2.20. The SMILES string of the molecule is CCC=CCC=CCC=CCCCCCCCC(=O)OC(COC(=O)CCCCCCC=CCC=CCC=CCCCCC)COP(=O)(O)OCC(N)C(=O)O. The van der Waals surface area contributed by atoms with Crippen LogP contribution < -0.4 is 5.73 Å². The highest BCUT2D eigenvalue weighted by Gasteiger charge is 2.28. The first-order valence-corrected chi connectivity index (χ1v) is 22.5. The molecule has 3 atom stereocenters. The Balaban J connectivity index is 4.47. The monoisotopic (exact) mass is 808 g/mol. The molecule has 0 rings (SSSR count). The van der Waals surface area contributed by atoms with Gasteiger partial charge < -0.3 is 25.2 Å². The fraction of sp³-hybridized carbons (Fsp3) is 0.659. The van der Waals surface area contributed by atoms with Gasteiger partial charge in [-0.05, 0) is 83.5 Å². The van der Waals surface area contributed by atoms with Crippen molar-refractivity contribution in [3.8, 4) is 0 Å². The van der Waals surface area contributed by atoms with Crippen LogP contribution >= 0.6 is 7.82 Å². The third-order valence-corrected chi connectivity index (χ3v) is 9.39. The average Bonchev–Trinajstić information content (AvgIpc) is 3.17. The third kappa shape index (κ3) is 37.8. The lowest BCUT2D eigenvalue weighted by Crippen LogP contribution is -2.34. The Labute approximate surface area is 338 Å². The van der Waals surface area contributed by atoms with Crippen molar-refractivity contribution in [3.05, 3.63) is 72.9 Å². The van der Waals surface area contributed by atoms with Crippen molar-refractivity contribution in [2.24, 2.45) is 5.73 Å². The fourth-order valence-corrected chi connectivity index (χ4v) is 5.92. The second kappa shape index (κ2) is 38.8. The normalized spacial score (nSPS) is 14.5. The van der Waals surface area contributed by atoms with E-state index in [0.29, 0.717) is 12.8 Å². The van der Waals surface area contributed by atoms with Crippen molar-refractivity contribution in [1.29, 1.82) is 0 Å². The number of unbranched alkanes of at least 4 members (excludes halogenated alkanes) is 12. The maximum absolute atomic E-state index is 12.6. The number of rotatable bonds is 38. The molecular formula is C44H74NO10P. The smallest absolute Gasteiger partial charge is 0.472 e. The van der Waals surface area contributed by atoms with Gasteiger partial charge in [0.25, 0.3) is 0 Å². The summed E-state index contributed by atoms with van der Waals surface area (Å²) in [6.45, 7) is 2.60. The number of nitrogens with two attached hydrogens (primary N) is 1. The van der Waals surface area contributed by atoms with Crippen molar-refractivity contribution < 1.29 is 47.5 Å². The molecule has 0 aliphatic heterocycles. The number of hydrogen-bond donors (Lipinski definition) is 3. The second-order valence-electron chi connectivity index (χ2n) is 13.7. The summed E-state index contributed by atoms with van der Waals surface area (Å²) in [5.41, 5.74) is 5.32. The molecule has 0 aliphatic carbocycles. The van der Waals surface area contributed by atoms with Crippen LogP contribution in [0.25, 0.3) is 0 Å². The van der Waals surface area contributed by atoms with Gasteiger partial charge in [-0.1, -0.05) is 132 Å². The Kier molecular flexibility index (Phi) is 36.6. The molecule has 11 nitrogen and oxygen atoms in total. The van der Waals surface area contributed by atoms with E-state index in [2.05, 4.69) is 91.3 Å². The molecular weight excluding hydrogens is 733 g/mol. The molecule has 56 heavy (non-hydrogen) atoms. The molecule has 0 aromatic carbocycles. The van der Waals surface area contributed by atoms with Gasteiger partial charge in [0.2, 0.25) is 0 Å². The van der Waals surface area contributed by atoms with E-state index in [1.165, 1.54) is 19.3 Å². The van der Waals surface area contributed by atoms with Crippen molar-refractivity contribution >= 4 is 25.7 Å². The molecule has 0 saturated heterocycles. The molecule has 0 aromatic rings. The Hall–Kier alpha value is -3.08. The molecule has 0 fully saturated rings. The van der Waals surface area contributed by atoms with E-state index in [1.54, 1.807) is 0 Å². The highest BCUT2D eigenvalue weighted by atomic mass is 31.2. The lowest BCUT2D eigenvalue weighted by molar-refractivity contribution is -0.161. The minimum atomic E-state index is -4.73. The van der Waals surface area contributed by atoms with Crippen LogP contribution in [-0.4, -0.2) is 59.9 Å². The average molecular weight is 808 g/mol. The van der Waals surface area contributed by atoms with E-state index in [-0.39, 0.29) is 19.4 Å². The maximum Gasteiger partial charge on any atom is 0.472 e. The lowest BCUT2D eigenvalue weighted by atomic mass is 10.1. The van der Waals surface area contributed by atoms with Gasteiger partial charge in [0.1, 0.15) is 12.6 Å². The number of carbonyl (C=O) groups is 3. The quantitative estimate of drug-likeness (QED) is 0.0235. The summed E-state index contributed by atoms with van der Waals surface area (Å²) in [6, 6.07) is -1.53. The van der Waals surface area contributed by atoms with Gasteiger partial charge >= 0.3 is 25.7 Å². The van der Waals surface area contributed by atoms with Crippen LogP contribution in [0.15, 0.2) is 72.9 Å². The number of carbonyl (C=O) groups excluding carboxylic acids is 2. The predicted molar refractivity (Wildman–Crippen MR) is 226 cm³/mol. The Morgan fingerprint density at radius 1 is 0.571 bits per heavy atom. The molecule has 3 unspecified atom stereocenters. The minimum Gasteiger partial charge on any atom is -0.480 e. The predicted octanol–water partition coefficient (Wildman–Crippen LogP) is 10.9. The Morgan fingerprint density at radius 2 is 1.00 bits per heavy atom. The van der Waals surface area contributed by atoms with Gasteiger partial charge in [0.05, 0.1) is 13.2 Å². The van der Waals surface area contributed by atoms with E-state index in [0.717, 1.165) is 96.3 Å². The number of allylic oxidation sites excluding steroid dienone is 12. The number of phosphoric acid groups is 1. The molecule has 0 aliphatic rings. The summed E-state index contributed by atoms with van der Waals surface area (Å²) in [5.74, 6) is -2.44. The van der Waals surface area contributed by atoms with E-state index < -0.39 is 51.1 Å². The highest BCUT2D eigenvalue weighted by Crippen LogP contribution is 2.43. The minimum absolute atomic E-state index is 0.133. The number of ether oxygens (including phenoxy) is 2. The number of phosphoric ester groups is 1. The van der Waals surface area contributed by atoms with Crippen LogP contribution in [0.3, 0.4) is 0 Å². The van der Waals surface area contributed by atoms with Crippen LogP contribution in [0.4, 0.5) is 0 Å². The topological polar surface area (TPSA) is 172 Å². The summed E-state index contributed by atoms with van der Waals surface area (Å²) in [4.78, 5) is 45.9. The first kappa shape index (κ1) is 52.9. The number of hydrogen-bond acceptors (Lipinski definition) is 9. The number of carboxylic acids is 1. The second-order valence-corrected chi connectivity index (χ2v) is 15.2. The van der Waals surface area contributed by atoms with Gasteiger partial charge in [-0.2, -0.15) is 0 Å². The summed E-state index contributed by atoms with van der Waals surface area (Å²) >= 11 is 0. The van der Waals surface area contributed by atoms with Gasteiger partial charge in [-0.25, -0.2) is 4.57 Å². The van der Waals surface area contributed by atoms with Crippen molar-refractivity contribution in [2.45, 2.75) is 167 Å². The Morgan fingerprint density at radius 3 is 1.50 bits per heavy atom. The number of carboxylic acid groups (broad SMARTS) is 1. The van der Waals surface area contributed by atoms with Crippen molar-refractivity contribution in [3.63, 3.8) is 0 Å². The fourth-order valence-electron chi connectivity index (χ4n) is 5.14. The number of aliphatic carboxylic acids is 1. The van der Waals surface area contributed by atoms with E-state index in [9.17, 15) is 23.8 Å². The summed E-state index contributed by atoms with van der Waals surface area (Å²) in [6.07, 6.45) is 45.3. The largest absolute Gasteiger partial charge is 0.480 e. The zero-order valence-electron chi connectivity index (χ0n) is 34.4. The van der Waals surface area contributed by atoms with Crippen LogP contribution in [-0.2, 0) is 37.5 Å². The highest BCUT2D eigenvalue weighted by molar-refractivity contribution is 7.47. The molecule has 0 aromatic heterocycles. The maximum atomic E-state index is 12.6. The number of esters is 2. The third-order valence-electron chi connectivity index (χ3n) is 8.44. The Bertz CT molecular complexity index is 1230. The zero-order chi connectivity index (χ0) is 41.4. The molecule has 4 N–H and O–H groups in total. The first-order valence-electron chi connectivity index (χ1n) is 21.0. The molecule has 0 spiro atoms. The van der Waals surface area contributed by atoms with Gasteiger partial charge in [0, 0.05) is 12.8 Å². The molecule has 0 saturated carbocycles. The summed E-state index contributed by atoms with van der Waals surface area (Å²) in [5, 5.41) is 8.88. The van der Waals surface area contributed by atoms with Crippen LogP contribution in [0, 0.1) is 0 Å². The molecule has 0 radical (unpaired) electrons. The molecule has 0 amide bonds. The van der Waals surface area contributed by atoms with Gasteiger partial charge in [-0.15, -0.1) is 0 Å². The van der Waals surface area contributed by atoms with Gasteiger partial charge in [0.15, 0.2) is 6.10 Å². The summed E-state index contributed by atoms with van der Waals surface area (Å²) < 4.78 is 32.6. The van der Waals surface area contributed by atoms with Crippen LogP contribution in [0.2, 0.25) is 0 Å². The van der Waals surface area contributed by atoms with Crippen molar-refractivity contribution in [1.82, 2.24) is 0 Å². The van der Waals surface area contributed by atoms with E-state index in [4.69, 9.17) is 24.8 Å². The zero-order valence-corrected chi connectivity index (χ0v) is 35.3. The standard InChI is InChI=1S/C44H74NO10P/c1-3-5-7-9-11-13-15-17-19-20-22-23-25-27-29-31-33-35-42(46)52-37-40(38-53-56(50,51)54-39-41(45)44(48)49)55-43(47)36-34-32-30-28-26-24-21-18-16-14-12-10-8-6-4-2/h6,8,11-14,17-19,21-23,40-41H,3-5,7,9-10,15-16,20,24-39,45H2,1-2H3,(H,48,49)(H,50,51). The van der Waals surface area contributed by atoms with E-state index >= 15 is 0 Å². The molecule has 0 heterocycles.